The van der Waals surface area contributed by atoms with Crippen molar-refractivity contribution in [3.8, 4) is 0 Å². The molecule has 0 aliphatic carbocycles. The summed E-state index contributed by atoms with van der Waals surface area (Å²) in [7, 11) is 1.57. The van der Waals surface area contributed by atoms with Crippen molar-refractivity contribution in [1.29, 1.82) is 0 Å². The summed E-state index contributed by atoms with van der Waals surface area (Å²) in [6, 6.07) is 0. The molecule has 0 aliphatic heterocycles. The molecule has 72 valence electrons. The lowest BCUT2D eigenvalue weighted by Gasteiger charge is -2.03. The third kappa shape index (κ3) is 7.84. The van der Waals surface area contributed by atoms with Gasteiger partial charge in [-0.15, -0.1) is 0 Å². The molecular formula is C7H15NO3S. The molecule has 0 aromatic carbocycles. The van der Waals surface area contributed by atoms with Gasteiger partial charge in [-0.2, -0.15) is 12.6 Å². The highest BCUT2D eigenvalue weighted by molar-refractivity contribution is 7.80. The van der Waals surface area contributed by atoms with E-state index in [9.17, 15) is 4.79 Å². The molecule has 0 saturated heterocycles. The number of ether oxygens (including phenoxy) is 2. The quantitative estimate of drug-likeness (QED) is 0.431. The minimum atomic E-state index is -0.121. The minimum absolute atomic E-state index is 0.0980. The van der Waals surface area contributed by atoms with E-state index in [1.54, 1.807) is 7.05 Å². The van der Waals surface area contributed by atoms with Crippen LogP contribution >= 0.6 is 12.6 Å². The molecule has 0 fully saturated rings. The second-order valence-electron chi connectivity index (χ2n) is 2.06. The first-order chi connectivity index (χ1) is 5.81. The van der Waals surface area contributed by atoms with E-state index in [1.807, 2.05) is 0 Å². The van der Waals surface area contributed by atoms with E-state index in [2.05, 4.69) is 17.9 Å². The fourth-order valence-corrected chi connectivity index (χ4v) is 0.651. The maximum atomic E-state index is 10.6. The lowest BCUT2D eigenvalue weighted by atomic mass is 10.6. The molecule has 0 atom stereocenters. The maximum absolute atomic E-state index is 10.6. The highest BCUT2D eigenvalue weighted by Crippen LogP contribution is 1.80. The van der Waals surface area contributed by atoms with Crippen molar-refractivity contribution in [2.75, 3.05) is 39.2 Å². The molecule has 0 aliphatic rings. The first kappa shape index (κ1) is 11.7. The Kier molecular flexibility index (Phi) is 8.64. The van der Waals surface area contributed by atoms with Gasteiger partial charge in [0.25, 0.3) is 0 Å². The predicted octanol–water partition coefficient (Wildman–Crippen LogP) is -0.305. The average Bonchev–Trinajstić information content (AvgIpc) is 2.10. The van der Waals surface area contributed by atoms with Gasteiger partial charge in [-0.1, -0.05) is 0 Å². The first-order valence-corrected chi connectivity index (χ1v) is 4.41. The van der Waals surface area contributed by atoms with Gasteiger partial charge in [0.2, 0.25) is 5.91 Å². The van der Waals surface area contributed by atoms with Crippen LogP contribution in [0.4, 0.5) is 0 Å². The summed E-state index contributed by atoms with van der Waals surface area (Å²) in [6.07, 6.45) is 0. The molecule has 0 unspecified atom stereocenters. The molecular weight excluding hydrogens is 178 g/mol. The van der Waals surface area contributed by atoms with E-state index in [1.165, 1.54) is 0 Å². The van der Waals surface area contributed by atoms with Crippen molar-refractivity contribution in [3.05, 3.63) is 0 Å². The van der Waals surface area contributed by atoms with Crippen LogP contribution in [0.2, 0.25) is 0 Å². The zero-order valence-electron chi connectivity index (χ0n) is 7.21. The lowest BCUT2D eigenvalue weighted by Crippen LogP contribution is -2.24. The Balaban J connectivity index is 2.95. The largest absolute Gasteiger partial charge is 0.378 e. The van der Waals surface area contributed by atoms with Gasteiger partial charge in [0.1, 0.15) is 6.61 Å². The van der Waals surface area contributed by atoms with E-state index in [0.29, 0.717) is 25.6 Å². The summed E-state index contributed by atoms with van der Waals surface area (Å²) in [5.41, 5.74) is 0. The van der Waals surface area contributed by atoms with Crippen LogP contribution in [-0.4, -0.2) is 45.1 Å². The van der Waals surface area contributed by atoms with Crippen molar-refractivity contribution < 1.29 is 14.3 Å². The molecule has 0 aromatic rings. The number of hydrogen-bond acceptors (Lipinski definition) is 4. The molecule has 5 heteroatoms. The van der Waals surface area contributed by atoms with E-state index in [4.69, 9.17) is 9.47 Å². The molecule has 0 saturated carbocycles. The van der Waals surface area contributed by atoms with Crippen LogP contribution in [0.5, 0.6) is 0 Å². The van der Waals surface area contributed by atoms with Gasteiger partial charge in [-0.05, 0) is 0 Å². The number of nitrogens with one attached hydrogen (secondary N) is 1. The Morgan fingerprint density at radius 1 is 1.33 bits per heavy atom. The number of amides is 1. The predicted molar refractivity (Wildman–Crippen MR) is 49.6 cm³/mol. The smallest absolute Gasteiger partial charge is 0.245 e. The van der Waals surface area contributed by atoms with Gasteiger partial charge in [-0.3, -0.25) is 4.79 Å². The second-order valence-corrected chi connectivity index (χ2v) is 2.51. The SMILES string of the molecule is CNC(=O)COCCOCCS. The van der Waals surface area contributed by atoms with Crippen LogP contribution in [0, 0.1) is 0 Å². The van der Waals surface area contributed by atoms with E-state index in [0.717, 1.165) is 0 Å². The molecule has 12 heavy (non-hydrogen) atoms. The Morgan fingerprint density at radius 3 is 2.58 bits per heavy atom. The van der Waals surface area contributed by atoms with Gasteiger partial charge in [0.05, 0.1) is 19.8 Å². The van der Waals surface area contributed by atoms with Crippen molar-refractivity contribution >= 4 is 18.5 Å². The summed E-state index contributed by atoms with van der Waals surface area (Å²) in [6.45, 7) is 1.67. The van der Waals surface area contributed by atoms with Gasteiger partial charge in [-0.25, -0.2) is 0 Å². The van der Waals surface area contributed by atoms with Crippen molar-refractivity contribution in [2.45, 2.75) is 0 Å². The molecule has 1 amide bonds. The van der Waals surface area contributed by atoms with Crippen molar-refractivity contribution in [2.24, 2.45) is 0 Å². The number of carbonyl (C=O) groups excluding carboxylic acids is 1. The monoisotopic (exact) mass is 193 g/mol. The summed E-state index contributed by atoms with van der Waals surface area (Å²) >= 11 is 3.96. The molecule has 0 rings (SSSR count). The van der Waals surface area contributed by atoms with Gasteiger partial charge in [0, 0.05) is 12.8 Å². The van der Waals surface area contributed by atoms with E-state index >= 15 is 0 Å². The van der Waals surface area contributed by atoms with Crippen LogP contribution in [0.1, 0.15) is 0 Å². The Hall–Kier alpha value is -0.260. The highest BCUT2D eigenvalue weighted by atomic mass is 32.1. The Bertz CT molecular complexity index is 121. The van der Waals surface area contributed by atoms with Crippen molar-refractivity contribution in [3.63, 3.8) is 0 Å². The summed E-state index contributed by atoms with van der Waals surface area (Å²) in [4.78, 5) is 10.6. The van der Waals surface area contributed by atoms with Gasteiger partial charge in [0.15, 0.2) is 0 Å². The third-order valence-electron chi connectivity index (χ3n) is 1.12. The Labute approximate surface area is 78.0 Å². The number of rotatable bonds is 7. The second kappa shape index (κ2) is 8.83. The number of likely N-dealkylation sites (N-methyl/N-ethyl adjacent to an activating group) is 1. The first-order valence-electron chi connectivity index (χ1n) is 3.78. The zero-order chi connectivity index (χ0) is 9.23. The van der Waals surface area contributed by atoms with Gasteiger partial charge < -0.3 is 14.8 Å². The molecule has 0 aromatic heterocycles. The average molecular weight is 193 g/mol. The lowest BCUT2D eigenvalue weighted by molar-refractivity contribution is -0.125. The van der Waals surface area contributed by atoms with Gasteiger partial charge >= 0.3 is 0 Å². The highest BCUT2D eigenvalue weighted by Gasteiger charge is 1.95. The fourth-order valence-electron chi connectivity index (χ4n) is 0.521. The molecule has 0 radical (unpaired) electrons. The normalized spacial score (nSPS) is 9.83. The molecule has 0 bridgehead atoms. The van der Waals surface area contributed by atoms with Crippen LogP contribution < -0.4 is 5.32 Å². The van der Waals surface area contributed by atoms with Crippen LogP contribution in [0.25, 0.3) is 0 Å². The van der Waals surface area contributed by atoms with E-state index < -0.39 is 0 Å². The zero-order valence-corrected chi connectivity index (χ0v) is 8.10. The molecule has 0 heterocycles. The molecule has 1 N–H and O–H groups in total. The molecule has 4 nitrogen and oxygen atoms in total. The van der Waals surface area contributed by atoms with Crippen LogP contribution in [0.3, 0.4) is 0 Å². The number of thiol groups is 1. The summed E-state index contributed by atoms with van der Waals surface area (Å²) in [5.74, 6) is 0.583. The molecule has 0 spiro atoms. The topological polar surface area (TPSA) is 47.6 Å². The number of hydrogen-bond donors (Lipinski definition) is 2. The Morgan fingerprint density at radius 2 is 2.00 bits per heavy atom. The standard InChI is InChI=1S/C7H15NO3S/c1-8-7(9)6-11-3-2-10-4-5-12/h12H,2-6H2,1H3,(H,8,9). The minimum Gasteiger partial charge on any atom is -0.378 e. The van der Waals surface area contributed by atoms with E-state index in [-0.39, 0.29) is 12.5 Å². The van der Waals surface area contributed by atoms with Crippen LogP contribution in [0.15, 0.2) is 0 Å². The van der Waals surface area contributed by atoms with Crippen molar-refractivity contribution in [1.82, 2.24) is 5.32 Å². The fraction of sp³-hybridized carbons (Fsp3) is 0.857. The third-order valence-corrected chi connectivity index (χ3v) is 1.30. The van der Waals surface area contributed by atoms with Crippen LogP contribution in [-0.2, 0) is 14.3 Å². The number of carbonyl (C=O) groups is 1. The summed E-state index contributed by atoms with van der Waals surface area (Å²) < 4.78 is 10.0. The maximum Gasteiger partial charge on any atom is 0.245 e. The summed E-state index contributed by atoms with van der Waals surface area (Å²) in [5, 5.41) is 2.45.